The number of nitrogens with zero attached hydrogens (tertiary/aromatic N) is 2. The summed E-state index contributed by atoms with van der Waals surface area (Å²) >= 11 is 3.18. The molecule has 0 saturated heterocycles. The number of aromatic nitrogens is 2. The van der Waals surface area contributed by atoms with Gasteiger partial charge in [0.15, 0.2) is 0 Å². The molecule has 0 aliphatic heterocycles. The predicted octanol–water partition coefficient (Wildman–Crippen LogP) is 4.13. The Balaban J connectivity index is 1.95. The molecule has 3 aromatic rings. The van der Waals surface area contributed by atoms with E-state index in [0.29, 0.717) is 18.5 Å². The van der Waals surface area contributed by atoms with Gasteiger partial charge in [0.25, 0.3) is 5.91 Å². The third-order valence-electron chi connectivity index (χ3n) is 3.94. The maximum atomic E-state index is 12.7. The number of anilines is 1. The number of hydrogen-bond acceptors (Lipinski definition) is 7. The molecule has 0 bridgehead atoms. The van der Waals surface area contributed by atoms with Crippen molar-refractivity contribution in [1.82, 2.24) is 15.3 Å². The fourth-order valence-electron chi connectivity index (χ4n) is 2.64. The summed E-state index contributed by atoms with van der Waals surface area (Å²) in [7, 11) is 0. The highest BCUT2D eigenvalue weighted by Crippen LogP contribution is 2.38. The third kappa shape index (κ3) is 4.82. The van der Waals surface area contributed by atoms with E-state index < -0.39 is 5.60 Å². The first-order chi connectivity index (χ1) is 12.7. The van der Waals surface area contributed by atoms with Crippen LogP contribution in [0.1, 0.15) is 44.5 Å². The van der Waals surface area contributed by atoms with E-state index in [0.717, 1.165) is 25.7 Å². The van der Waals surface area contributed by atoms with Crippen molar-refractivity contribution >= 4 is 44.5 Å². The first kappa shape index (κ1) is 19.7. The largest absolute Gasteiger partial charge is 0.390 e. The standard InChI is InChI=1S/C19H24N4O2S2/c1-11(2)23-16-12-7-14(15-9-20-10-26-15)27-18(12)22-8-13(16)17(24)21-6-5-19(3,4)25/h7-11,25H,5-6H2,1-4H3,(H,21,24)(H,22,23). The fraction of sp³-hybridized carbons (Fsp3) is 0.421. The number of thiophene rings is 1. The minimum atomic E-state index is -0.814. The molecular weight excluding hydrogens is 380 g/mol. The summed E-state index contributed by atoms with van der Waals surface area (Å²) in [4.78, 5) is 24.4. The summed E-state index contributed by atoms with van der Waals surface area (Å²) in [5, 5.41) is 17.1. The summed E-state index contributed by atoms with van der Waals surface area (Å²) in [5.41, 5.74) is 2.30. The molecule has 0 saturated carbocycles. The predicted molar refractivity (Wildman–Crippen MR) is 113 cm³/mol. The Morgan fingerprint density at radius 2 is 2.07 bits per heavy atom. The molecular formula is C19H24N4O2S2. The zero-order valence-electron chi connectivity index (χ0n) is 15.9. The second-order valence-electron chi connectivity index (χ2n) is 7.36. The van der Waals surface area contributed by atoms with Crippen molar-refractivity contribution in [3.8, 4) is 9.75 Å². The summed E-state index contributed by atoms with van der Waals surface area (Å²) in [6.45, 7) is 7.93. The molecule has 3 heterocycles. The Morgan fingerprint density at radius 3 is 2.70 bits per heavy atom. The number of thiazole rings is 1. The molecule has 0 aliphatic rings. The number of nitrogens with one attached hydrogen (secondary N) is 2. The lowest BCUT2D eigenvalue weighted by molar-refractivity contribution is 0.0693. The molecule has 0 unspecified atom stereocenters. The first-order valence-electron chi connectivity index (χ1n) is 8.83. The minimum absolute atomic E-state index is 0.172. The van der Waals surface area contributed by atoms with Crippen molar-refractivity contribution in [2.24, 2.45) is 0 Å². The van der Waals surface area contributed by atoms with Gasteiger partial charge in [-0.25, -0.2) is 4.98 Å². The van der Waals surface area contributed by atoms with Crippen molar-refractivity contribution in [2.75, 3.05) is 11.9 Å². The van der Waals surface area contributed by atoms with E-state index in [1.165, 1.54) is 0 Å². The number of fused-ring (bicyclic) bond motifs is 1. The van der Waals surface area contributed by atoms with E-state index in [9.17, 15) is 9.90 Å². The molecule has 1 amide bonds. The van der Waals surface area contributed by atoms with Crippen molar-refractivity contribution < 1.29 is 9.90 Å². The van der Waals surface area contributed by atoms with Crippen LogP contribution in [0.15, 0.2) is 24.0 Å². The first-order valence-corrected chi connectivity index (χ1v) is 10.5. The van der Waals surface area contributed by atoms with Crippen LogP contribution in [0.2, 0.25) is 0 Å². The molecule has 0 atom stereocenters. The lowest BCUT2D eigenvalue weighted by atomic mass is 10.1. The minimum Gasteiger partial charge on any atom is -0.390 e. The molecule has 3 N–H and O–H groups in total. The van der Waals surface area contributed by atoms with Crippen LogP contribution in [0, 0.1) is 0 Å². The number of carbonyl (C=O) groups excluding carboxylic acids is 1. The molecule has 8 heteroatoms. The third-order valence-corrected chi connectivity index (χ3v) is 5.95. The second kappa shape index (κ2) is 7.92. The van der Waals surface area contributed by atoms with E-state index >= 15 is 0 Å². The summed E-state index contributed by atoms with van der Waals surface area (Å²) < 4.78 is 0. The molecule has 0 spiro atoms. The number of hydrogen-bond donors (Lipinski definition) is 3. The van der Waals surface area contributed by atoms with Gasteiger partial charge in [0.2, 0.25) is 0 Å². The van der Waals surface area contributed by atoms with Gasteiger partial charge in [-0.05, 0) is 40.2 Å². The molecule has 3 rings (SSSR count). The van der Waals surface area contributed by atoms with E-state index in [1.54, 1.807) is 42.7 Å². The summed E-state index contributed by atoms with van der Waals surface area (Å²) in [5.74, 6) is -0.192. The van der Waals surface area contributed by atoms with Crippen LogP contribution in [0.4, 0.5) is 5.69 Å². The van der Waals surface area contributed by atoms with Crippen LogP contribution in [-0.4, -0.2) is 39.2 Å². The van der Waals surface area contributed by atoms with Gasteiger partial charge in [-0.2, -0.15) is 0 Å². The van der Waals surface area contributed by atoms with Gasteiger partial charge in [-0.15, -0.1) is 22.7 Å². The molecule has 0 radical (unpaired) electrons. The lowest BCUT2D eigenvalue weighted by Crippen LogP contribution is -2.31. The number of carbonyl (C=O) groups is 1. The molecule has 27 heavy (non-hydrogen) atoms. The van der Waals surface area contributed by atoms with E-state index in [2.05, 4.69) is 26.7 Å². The van der Waals surface area contributed by atoms with Gasteiger partial charge < -0.3 is 15.7 Å². The molecule has 0 fully saturated rings. The van der Waals surface area contributed by atoms with Gasteiger partial charge in [0, 0.05) is 35.2 Å². The monoisotopic (exact) mass is 404 g/mol. The molecule has 0 aromatic carbocycles. The number of amides is 1. The Labute approximate surface area is 166 Å². The Kier molecular flexibility index (Phi) is 5.78. The molecule has 6 nitrogen and oxygen atoms in total. The smallest absolute Gasteiger partial charge is 0.254 e. The average molecular weight is 405 g/mol. The van der Waals surface area contributed by atoms with E-state index in [4.69, 9.17) is 0 Å². The summed E-state index contributed by atoms with van der Waals surface area (Å²) in [6.07, 6.45) is 3.95. The average Bonchev–Trinajstić information content (AvgIpc) is 3.22. The lowest BCUT2D eigenvalue weighted by Gasteiger charge is -2.18. The maximum Gasteiger partial charge on any atom is 0.254 e. The second-order valence-corrected chi connectivity index (χ2v) is 9.28. The van der Waals surface area contributed by atoms with Crippen LogP contribution in [0.5, 0.6) is 0 Å². The molecule has 3 aromatic heterocycles. The van der Waals surface area contributed by atoms with Crippen molar-refractivity contribution in [3.63, 3.8) is 0 Å². The highest BCUT2D eigenvalue weighted by Gasteiger charge is 2.20. The van der Waals surface area contributed by atoms with Crippen LogP contribution >= 0.6 is 22.7 Å². The van der Waals surface area contributed by atoms with Gasteiger partial charge in [0.1, 0.15) is 4.83 Å². The van der Waals surface area contributed by atoms with E-state index in [1.807, 2.05) is 25.6 Å². The topological polar surface area (TPSA) is 87.1 Å². The fourth-order valence-corrected chi connectivity index (χ4v) is 4.36. The van der Waals surface area contributed by atoms with Gasteiger partial charge >= 0.3 is 0 Å². The number of aliphatic hydroxyl groups is 1. The number of rotatable bonds is 7. The summed E-state index contributed by atoms with van der Waals surface area (Å²) in [6, 6.07) is 2.24. The van der Waals surface area contributed by atoms with Crippen molar-refractivity contribution in [3.05, 3.63) is 29.5 Å². The van der Waals surface area contributed by atoms with Crippen LogP contribution in [0.25, 0.3) is 20.0 Å². The van der Waals surface area contributed by atoms with Crippen LogP contribution < -0.4 is 10.6 Å². The Hall–Kier alpha value is -2.03. The van der Waals surface area contributed by atoms with Gasteiger partial charge in [0.05, 0.1) is 27.2 Å². The van der Waals surface area contributed by atoms with Crippen LogP contribution in [0.3, 0.4) is 0 Å². The van der Waals surface area contributed by atoms with E-state index in [-0.39, 0.29) is 11.9 Å². The van der Waals surface area contributed by atoms with Crippen LogP contribution in [-0.2, 0) is 0 Å². The quantitative estimate of drug-likeness (QED) is 0.551. The zero-order chi connectivity index (χ0) is 19.6. The van der Waals surface area contributed by atoms with Crippen molar-refractivity contribution in [2.45, 2.75) is 45.8 Å². The zero-order valence-corrected chi connectivity index (χ0v) is 17.5. The van der Waals surface area contributed by atoms with Gasteiger partial charge in [-0.1, -0.05) is 0 Å². The molecule has 0 aliphatic carbocycles. The Bertz CT molecular complexity index is 927. The number of pyridine rings is 1. The SMILES string of the molecule is CC(C)Nc1c(C(=O)NCCC(C)(C)O)cnc2sc(-c3cncs3)cc12. The highest BCUT2D eigenvalue weighted by molar-refractivity contribution is 7.25. The maximum absolute atomic E-state index is 12.7. The van der Waals surface area contributed by atoms with Gasteiger partial charge in [-0.3, -0.25) is 9.78 Å². The normalized spacial score (nSPS) is 11.9. The Morgan fingerprint density at radius 1 is 1.30 bits per heavy atom. The van der Waals surface area contributed by atoms with Crippen molar-refractivity contribution in [1.29, 1.82) is 0 Å². The highest BCUT2D eigenvalue weighted by atomic mass is 32.1. The molecule has 144 valence electrons.